The van der Waals surface area contributed by atoms with E-state index in [1.165, 1.54) is 25.7 Å². The third-order valence-corrected chi connectivity index (χ3v) is 3.96. The van der Waals surface area contributed by atoms with E-state index < -0.39 is 0 Å². The van der Waals surface area contributed by atoms with Gasteiger partial charge in [0.2, 0.25) is 0 Å². The van der Waals surface area contributed by atoms with E-state index in [0.717, 1.165) is 26.3 Å². The lowest BCUT2D eigenvalue weighted by molar-refractivity contribution is -0.123. The molecule has 1 aliphatic carbocycles. The van der Waals surface area contributed by atoms with Crippen LogP contribution in [0.2, 0.25) is 0 Å². The Balaban J connectivity index is 0.000000387. The number of nitrogens with zero attached hydrogens (tertiary/aromatic N) is 2. The van der Waals surface area contributed by atoms with Gasteiger partial charge in [-0.2, -0.15) is 0 Å². The highest BCUT2D eigenvalue weighted by molar-refractivity contribution is 5.33. The first-order valence-corrected chi connectivity index (χ1v) is 7.62. The largest absolute Gasteiger partial charge is 0.483 e. The summed E-state index contributed by atoms with van der Waals surface area (Å²) < 4.78 is 7.70. The number of hydrogen-bond acceptors (Lipinski definition) is 5. The maximum Gasteiger partial charge on any atom is 0.290 e. The number of ether oxygens (including phenoxy) is 1. The summed E-state index contributed by atoms with van der Waals surface area (Å²) in [5, 5.41) is 17.5. The van der Waals surface area contributed by atoms with E-state index in [4.69, 9.17) is 24.5 Å². The molecule has 2 heterocycles. The molecule has 3 rings (SSSR count). The molecule has 1 atom stereocenters. The fourth-order valence-corrected chi connectivity index (χ4v) is 2.60. The van der Waals surface area contributed by atoms with Crippen molar-refractivity contribution in [1.82, 2.24) is 14.9 Å². The first-order chi connectivity index (χ1) is 11.2. The molecule has 0 radical (unpaired) electrons. The van der Waals surface area contributed by atoms with Crippen LogP contribution in [0.4, 0.5) is 0 Å². The highest BCUT2D eigenvalue weighted by Gasteiger charge is 2.42. The summed E-state index contributed by atoms with van der Waals surface area (Å²) in [6.07, 6.45) is 11.0. The van der Waals surface area contributed by atoms with Gasteiger partial charge in [0.15, 0.2) is 0 Å². The summed E-state index contributed by atoms with van der Waals surface area (Å²) in [7, 11) is 0. The van der Waals surface area contributed by atoms with E-state index in [2.05, 4.69) is 21.1 Å². The molecule has 2 aliphatic rings. The van der Waals surface area contributed by atoms with Crippen LogP contribution in [0.3, 0.4) is 0 Å². The minimum atomic E-state index is -0.250. The van der Waals surface area contributed by atoms with Crippen LogP contribution >= 0.6 is 0 Å². The van der Waals surface area contributed by atoms with Gasteiger partial charge in [-0.15, -0.1) is 0 Å². The number of carbonyl (C=O) groups is 2. The minimum Gasteiger partial charge on any atom is -0.483 e. The molecule has 3 N–H and O–H groups in total. The van der Waals surface area contributed by atoms with Crippen molar-refractivity contribution in [3.05, 3.63) is 18.7 Å². The molecule has 2 fully saturated rings. The number of carboxylic acid groups (broad SMARTS) is 2. The molecular formula is C15H25N3O5. The smallest absolute Gasteiger partial charge is 0.290 e. The fourth-order valence-electron chi connectivity index (χ4n) is 2.60. The summed E-state index contributed by atoms with van der Waals surface area (Å²) in [6.45, 7) is 3.56. The van der Waals surface area contributed by atoms with Gasteiger partial charge < -0.3 is 24.8 Å². The van der Waals surface area contributed by atoms with Crippen molar-refractivity contribution in [2.24, 2.45) is 5.41 Å². The predicted molar refractivity (Wildman–Crippen MR) is 83.1 cm³/mol. The summed E-state index contributed by atoms with van der Waals surface area (Å²) in [6, 6.07) is 0.573. The lowest BCUT2D eigenvalue weighted by Crippen LogP contribution is -2.40. The molecular weight excluding hydrogens is 302 g/mol. The van der Waals surface area contributed by atoms with Gasteiger partial charge in [0.25, 0.3) is 12.9 Å². The lowest BCUT2D eigenvalue weighted by atomic mass is 10.1. The number of nitrogens with one attached hydrogen (secondary N) is 1. The van der Waals surface area contributed by atoms with Gasteiger partial charge in [0.05, 0.1) is 12.9 Å². The number of rotatable bonds is 5. The molecule has 1 aromatic rings. The Labute approximate surface area is 135 Å². The van der Waals surface area contributed by atoms with Gasteiger partial charge in [0, 0.05) is 43.5 Å². The summed E-state index contributed by atoms with van der Waals surface area (Å²) in [4.78, 5) is 20.8. The van der Waals surface area contributed by atoms with E-state index >= 15 is 0 Å². The molecule has 0 spiro atoms. The first kappa shape index (κ1) is 19.1. The van der Waals surface area contributed by atoms with E-state index in [1.54, 1.807) is 0 Å². The van der Waals surface area contributed by atoms with Crippen LogP contribution in [0.1, 0.15) is 25.7 Å². The van der Waals surface area contributed by atoms with Crippen LogP contribution in [-0.2, 0) is 20.9 Å². The second-order valence-corrected chi connectivity index (χ2v) is 5.74. The molecule has 130 valence electrons. The molecule has 1 aromatic heterocycles. The molecule has 0 amide bonds. The quantitative estimate of drug-likeness (QED) is 0.686. The number of hydrogen-bond donors (Lipinski definition) is 3. The predicted octanol–water partition coefficient (Wildman–Crippen LogP) is 0.833. The van der Waals surface area contributed by atoms with E-state index in [1.807, 2.05) is 12.5 Å². The van der Waals surface area contributed by atoms with Crippen molar-refractivity contribution in [1.29, 1.82) is 0 Å². The third kappa shape index (κ3) is 7.75. The summed E-state index contributed by atoms with van der Waals surface area (Å²) >= 11 is 0. The van der Waals surface area contributed by atoms with Gasteiger partial charge >= 0.3 is 0 Å². The molecule has 0 aromatic carbocycles. The van der Waals surface area contributed by atoms with Crippen molar-refractivity contribution in [2.45, 2.75) is 38.3 Å². The molecule has 23 heavy (non-hydrogen) atoms. The highest BCUT2D eigenvalue weighted by atomic mass is 16.5. The third-order valence-electron chi connectivity index (χ3n) is 3.96. The Morgan fingerprint density at radius 3 is 2.52 bits per heavy atom. The molecule has 1 saturated carbocycles. The van der Waals surface area contributed by atoms with E-state index in [9.17, 15) is 0 Å². The van der Waals surface area contributed by atoms with Gasteiger partial charge in [-0.25, -0.2) is 4.98 Å². The van der Waals surface area contributed by atoms with Gasteiger partial charge in [-0.3, -0.25) is 9.59 Å². The van der Waals surface area contributed by atoms with Crippen LogP contribution in [0.15, 0.2) is 18.7 Å². The average Bonchev–Trinajstić information content (AvgIpc) is 3.12. The standard InChI is InChI=1S/C13H21N3O.2CH2O2/c1-2-12(8-17-7-1)15-9-13(3-4-13)10-16-6-5-14-11-16;2*2-1-3/h5-6,11-12,15H,1-4,7-10H2;2*1H,(H,2,3). The Hall–Kier alpha value is -1.93. The van der Waals surface area contributed by atoms with Gasteiger partial charge in [-0.05, 0) is 25.7 Å². The van der Waals surface area contributed by atoms with Crippen molar-refractivity contribution in [3.63, 3.8) is 0 Å². The Morgan fingerprint density at radius 2 is 2.04 bits per heavy atom. The average molecular weight is 327 g/mol. The van der Waals surface area contributed by atoms with E-state index in [0.29, 0.717) is 11.5 Å². The zero-order valence-corrected chi connectivity index (χ0v) is 13.1. The summed E-state index contributed by atoms with van der Waals surface area (Å²) in [5.74, 6) is 0. The maximum absolute atomic E-state index is 8.36. The second kappa shape index (κ2) is 10.7. The van der Waals surface area contributed by atoms with E-state index in [-0.39, 0.29) is 12.9 Å². The zero-order valence-electron chi connectivity index (χ0n) is 13.1. The number of aromatic nitrogens is 2. The first-order valence-electron chi connectivity index (χ1n) is 7.62. The molecule has 1 saturated heterocycles. The fraction of sp³-hybridized carbons (Fsp3) is 0.667. The molecule has 8 nitrogen and oxygen atoms in total. The topological polar surface area (TPSA) is 114 Å². The zero-order chi connectivity index (χ0) is 17.0. The normalized spacial score (nSPS) is 21.0. The Kier molecular flexibility index (Phi) is 8.93. The van der Waals surface area contributed by atoms with Gasteiger partial charge in [0.1, 0.15) is 0 Å². The molecule has 0 bridgehead atoms. The molecule has 1 unspecified atom stereocenters. The monoisotopic (exact) mass is 327 g/mol. The van der Waals surface area contributed by atoms with Crippen molar-refractivity contribution in [3.8, 4) is 0 Å². The van der Waals surface area contributed by atoms with Crippen LogP contribution in [0, 0.1) is 5.41 Å². The van der Waals surface area contributed by atoms with Crippen molar-refractivity contribution >= 4 is 12.9 Å². The van der Waals surface area contributed by atoms with Crippen molar-refractivity contribution < 1.29 is 24.5 Å². The van der Waals surface area contributed by atoms with Crippen LogP contribution in [-0.4, -0.2) is 58.5 Å². The second-order valence-electron chi connectivity index (χ2n) is 5.74. The Morgan fingerprint density at radius 1 is 1.35 bits per heavy atom. The Bertz CT molecular complexity index is 422. The number of imidazole rings is 1. The highest BCUT2D eigenvalue weighted by Crippen LogP contribution is 2.46. The lowest BCUT2D eigenvalue weighted by Gasteiger charge is -2.26. The molecule has 8 heteroatoms. The summed E-state index contributed by atoms with van der Waals surface area (Å²) in [5.41, 5.74) is 0.484. The maximum atomic E-state index is 8.36. The van der Waals surface area contributed by atoms with Crippen LogP contribution < -0.4 is 5.32 Å². The SMILES string of the molecule is O=CO.O=CO.c1cn(CC2(CNC3CCCOC3)CC2)cn1. The molecule has 1 aliphatic heterocycles. The van der Waals surface area contributed by atoms with Crippen LogP contribution in [0.5, 0.6) is 0 Å². The van der Waals surface area contributed by atoms with Gasteiger partial charge in [-0.1, -0.05) is 0 Å². The minimum absolute atomic E-state index is 0.250. The van der Waals surface area contributed by atoms with Crippen LogP contribution in [0.25, 0.3) is 0 Å². The van der Waals surface area contributed by atoms with Crippen molar-refractivity contribution in [2.75, 3.05) is 19.8 Å².